The van der Waals surface area contributed by atoms with Crippen molar-refractivity contribution in [1.82, 2.24) is 5.32 Å². The zero-order valence-corrected chi connectivity index (χ0v) is 14.8. The van der Waals surface area contributed by atoms with Gasteiger partial charge in [-0.2, -0.15) is 0 Å². The zero-order valence-electron chi connectivity index (χ0n) is 13.9. The van der Waals surface area contributed by atoms with Crippen molar-refractivity contribution in [2.45, 2.75) is 12.5 Å². The van der Waals surface area contributed by atoms with Gasteiger partial charge in [0.1, 0.15) is 11.8 Å². The Morgan fingerprint density at radius 2 is 1.88 bits per heavy atom. The lowest BCUT2D eigenvalue weighted by atomic mass is 10.2. The van der Waals surface area contributed by atoms with Gasteiger partial charge in [0.15, 0.2) is 33.8 Å². The lowest BCUT2D eigenvalue weighted by molar-refractivity contribution is -0.894. The molecule has 1 heterocycles. The van der Waals surface area contributed by atoms with Gasteiger partial charge in [-0.1, -0.05) is 0 Å². The molecule has 1 saturated heterocycles. The molecule has 1 fully saturated rings. The van der Waals surface area contributed by atoms with Gasteiger partial charge >= 0.3 is 0 Å². The van der Waals surface area contributed by atoms with Crippen molar-refractivity contribution in [2.24, 2.45) is 0 Å². The van der Waals surface area contributed by atoms with Crippen LogP contribution in [0.3, 0.4) is 0 Å². The number of benzene rings is 1. The molecule has 0 radical (unpaired) electrons. The molecule has 0 aromatic heterocycles. The number of rotatable bonds is 6. The summed E-state index contributed by atoms with van der Waals surface area (Å²) < 4.78 is 62.3. The third-order valence-corrected chi connectivity index (χ3v) is 5.89. The number of hydrogen-bond acceptors (Lipinski definition) is 4. The Morgan fingerprint density at radius 1 is 1.19 bits per heavy atom. The van der Waals surface area contributed by atoms with Crippen LogP contribution in [0.4, 0.5) is 18.9 Å². The highest BCUT2D eigenvalue weighted by Crippen LogP contribution is 2.19. The van der Waals surface area contributed by atoms with Gasteiger partial charge in [0.05, 0.1) is 25.0 Å². The first-order valence-corrected chi connectivity index (χ1v) is 9.64. The van der Waals surface area contributed by atoms with Crippen LogP contribution in [0.2, 0.25) is 0 Å². The molecular formula is C15H19F3N3O4S+. The third-order valence-electron chi connectivity index (χ3n) is 4.12. The third kappa shape index (κ3) is 5.18. The molecule has 1 aliphatic rings. The number of amides is 2. The largest absolute Gasteiger partial charge is 0.342 e. The number of quaternary nitrogens is 1. The molecular weight excluding hydrogens is 375 g/mol. The second-order valence-corrected chi connectivity index (χ2v) is 8.40. The summed E-state index contributed by atoms with van der Waals surface area (Å²) in [5.41, 5.74) is -0.540. The van der Waals surface area contributed by atoms with Crippen LogP contribution in [0.25, 0.3) is 0 Å². The standard InChI is InChI=1S/C15H18F3N3O4S/c1-21(9-4-5-26(24,25)8-9)7-13(23)19-6-12(22)20-11-3-2-10(16)14(17)15(11)18/h2-3,9H,4-8H2,1H3,(H,19,23)(H,20,22)/p+1/t9-/m0/s1. The van der Waals surface area contributed by atoms with Gasteiger partial charge in [0.25, 0.3) is 5.91 Å². The van der Waals surface area contributed by atoms with Crippen molar-refractivity contribution in [1.29, 1.82) is 0 Å². The second kappa shape index (κ2) is 8.04. The fourth-order valence-electron chi connectivity index (χ4n) is 2.64. The van der Waals surface area contributed by atoms with Crippen molar-refractivity contribution in [2.75, 3.05) is 37.0 Å². The first kappa shape index (κ1) is 20.2. The summed E-state index contributed by atoms with van der Waals surface area (Å²) in [5.74, 6) is -5.81. The predicted octanol–water partition coefficient (Wildman–Crippen LogP) is -1.14. The van der Waals surface area contributed by atoms with Crippen LogP contribution in [-0.4, -0.2) is 57.9 Å². The van der Waals surface area contributed by atoms with Gasteiger partial charge < -0.3 is 15.5 Å². The molecule has 0 spiro atoms. The number of sulfone groups is 1. The summed E-state index contributed by atoms with van der Waals surface area (Å²) in [6, 6.07) is 1.35. The number of nitrogens with one attached hydrogen (secondary N) is 3. The number of hydrogen-bond donors (Lipinski definition) is 3. The number of carbonyl (C=O) groups is 2. The Bertz CT molecular complexity index is 817. The van der Waals surface area contributed by atoms with E-state index in [4.69, 9.17) is 0 Å². The molecule has 1 unspecified atom stereocenters. The van der Waals surface area contributed by atoms with E-state index in [2.05, 4.69) is 5.32 Å². The van der Waals surface area contributed by atoms with E-state index in [1.165, 1.54) is 0 Å². The van der Waals surface area contributed by atoms with Gasteiger partial charge in [0, 0.05) is 6.42 Å². The number of likely N-dealkylation sites (N-methyl/N-ethyl adjacent to an activating group) is 1. The molecule has 11 heteroatoms. The maximum Gasteiger partial charge on any atom is 0.275 e. The summed E-state index contributed by atoms with van der Waals surface area (Å²) >= 11 is 0. The van der Waals surface area contributed by atoms with Crippen LogP contribution in [0.5, 0.6) is 0 Å². The summed E-state index contributed by atoms with van der Waals surface area (Å²) in [6.07, 6.45) is 0.470. The van der Waals surface area contributed by atoms with Crippen molar-refractivity contribution >= 4 is 27.3 Å². The fraction of sp³-hybridized carbons (Fsp3) is 0.467. The van der Waals surface area contributed by atoms with Gasteiger partial charge in [-0.05, 0) is 12.1 Å². The Labute approximate surface area is 148 Å². The molecule has 0 saturated carbocycles. The Kier molecular flexibility index (Phi) is 6.24. The van der Waals surface area contributed by atoms with Crippen molar-refractivity contribution in [3.63, 3.8) is 0 Å². The van der Waals surface area contributed by atoms with Crippen LogP contribution in [-0.2, 0) is 19.4 Å². The van der Waals surface area contributed by atoms with Gasteiger partial charge in [-0.3, -0.25) is 9.59 Å². The summed E-state index contributed by atoms with van der Waals surface area (Å²) in [4.78, 5) is 24.3. The smallest absolute Gasteiger partial charge is 0.275 e. The van der Waals surface area contributed by atoms with Gasteiger partial charge in [0.2, 0.25) is 5.91 Å². The van der Waals surface area contributed by atoms with Crippen LogP contribution in [0, 0.1) is 17.5 Å². The maximum atomic E-state index is 13.5. The maximum absolute atomic E-state index is 13.5. The Morgan fingerprint density at radius 3 is 2.50 bits per heavy atom. The molecule has 144 valence electrons. The quantitative estimate of drug-likeness (QED) is 0.532. The second-order valence-electron chi connectivity index (χ2n) is 6.17. The van der Waals surface area contributed by atoms with Crippen molar-refractivity contribution in [3.05, 3.63) is 29.6 Å². The van der Waals surface area contributed by atoms with E-state index in [0.29, 0.717) is 17.4 Å². The molecule has 2 amide bonds. The normalized spacial score (nSPS) is 19.8. The highest BCUT2D eigenvalue weighted by Gasteiger charge is 2.34. The van der Waals surface area contributed by atoms with E-state index in [1.807, 2.05) is 5.32 Å². The molecule has 0 aliphatic carbocycles. The van der Waals surface area contributed by atoms with Gasteiger partial charge in [-0.25, -0.2) is 21.6 Å². The van der Waals surface area contributed by atoms with Crippen LogP contribution < -0.4 is 15.5 Å². The first-order chi connectivity index (χ1) is 12.1. The summed E-state index contributed by atoms with van der Waals surface area (Å²) in [7, 11) is -1.37. The minimum Gasteiger partial charge on any atom is -0.342 e. The SMILES string of the molecule is C[NH+](CC(=O)NCC(=O)Nc1ccc(F)c(F)c1F)[C@H]1CCS(=O)(=O)C1. The molecule has 1 aromatic rings. The van der Waals surface area contributed by atoms with E-state index in [-0.39, 0.29) is 24.1 Å². The summed E-state index contributed by atoms with van der Waals surface area (Å²) in [6.45, 7) is -0.527. The molecule has 7 nitrogen and oxygen atoms in total. The van der Waals surface area contributed by atoms with E-state index in [0.717, 1.165) is 6.07 Å². The zero-order chi connectivity index (χ0) is 19.5. The molecule has 2 rings (SSSR count). The van der Waals surface area contributed by atoms with Crippen LogP contribution >= 0.6 is 0 Å². The van der Waals surface area contributed by atoms with E-state index >= 15 is 0 Å². The first-order valence-electron chi connectivity index (χ1n) is 7.82. The average molecular weight is 394 g/mol. The predicted molar refractivity (Wildman–Crippen MR) is 86.8 cm³/mol. The monoisotopic (exact) mass is 394 g/mol. The van der Waals surface area contributed by atoms with E-state index in [1.54, 1.807) is 7.05 Å². The average Bonchev–Trinajstić information content (AvgIpc) is 2.93. The molecule has 3 N–H and O–H groups in total. The molecule has 1 aromatic carbocycles. The minimum atomic E-state index is -3.06. The summed E-state index contributed by atoms with van der Waals surface area (Å²) in [5, 5.41) is 4.34. The van der Waals surface area contributed by atoms with Crippen LogP contribution in [0.15, 0.2) is 12.1 Å². The molecule has 0 bridgehead atoms. The van der Waals surface area contributed by atoms with E-state index < -0.39 is 51.3 Å². The lowest BCUT2D eigenvalue weighted by Crippen LogP contribution is -3.14. The number of anilines is 1. The van der Waals surface area contributed by atoms with Crippen LogP contribution in [0.1, 0.15) is 6.42 Å². The van der Waals surface area contributed by atoms with Crippen molar-refractivity contribution in [3.8, 4) is 0 Å². The molecule has 1 aliphatic heterocycles. The Hall–Kier alpha value is -2.14. The Balaban J connectivity index is 1.80. The minimum absolute atomic E-state index is 0.0159. The highest BCUT2D eigenvalue weighted by atomic mass is 32.2. The van der Waals surface area contributed by atoms with Crippen molar-refractivity contribution < 1.29 is 36.1 Å². The molecule has 26 heavy (non-hydrogen) atoms. The van der Waals surface area contributed by atoms with E-state index in [9.17, 15) is 31.2 Å². The lowest BCUT2D eigenvalue weighted by Gasteiger charge is -2.19. The highest BCUT2D eigenvalue weighted by molar-refractivity contribution is 7.91. The number of carbonyl (C=O) groups excluding carboxylic acids is 2. The molecule has 2 atom stereocenters. The topological polar surface area (TPSA) is 96.8 Å². The number of halogens is 3. The van der Waals surface area contributed by atoms with Gasteiger partial charge in [-0.15, -0.1) is 0 Å². The fourth-order valence-corrected chi connectivity index (χ4v) is 4.51.